The third kappa shape index (κ3) is 2.61. The highest BCUT2D eigenvalue weighted by atomic mass is 19.4. The van der Waals surface area contributed by atoms with Gasteiger partial charge in [-0.1, -0.05) is 25.5 Å². The van der Waals surface area contributed by atoms with Crippen molar-refractivity contribution in [3.63, 3.8) is 0 Å². The molecule has 0 radical (unpaired) electrons. The Labute approximate surface area is 76.1 Å². The van der Waals surface area contributed by atoms with E-state index in [1.807, 2.05) is 6.92 Å². The predicted molar refractivity (Wildman–Crippen MR) is 46.4 cm³/mol. The molecule has 0 bridgehead atoms. The number of hydrogen-bond donors (Lipinski definition) is 0. The minimum atomic E-state index is -4.17. The van der Waals surface area contributed by atoms with Crippen LogP contribution in [-0.2, 0) is 0 Å². The van der Waals surface area contributed by atoms with Crippen molar-refractivity contribution in [2.45, 2.75) is 38.8 Å². The first kappa shape index (κ1) is 10.4. The summed E-state index contributed by atoms with van der Waals surface area (Å²) >= 11 is 0. The van der Waals surface area contributed by atoms with Gasteiger partial charge in [-0.25, -0.2) is 0 Å². The summed E-state index contributed by atoms with van der Waals surface area (Å²) in [6.07, 6.45) is 1.42. The third-order valence-electron chi connectivity index (χ3n) is 2.08. The van der Waals surface area contributed by atoms with Crippen molar-refractivity contribution in [1.29, 1.82) is 0 Å². The van der Waals surface area contributed by atoms with Gasteiger partial charge in [0.1, 0.15) is 0 Å². The van der Waals surface area contributed by atoms with Gasteiger partial charge >= 0.3 is 6.18 Å². The predicted octanol–water partition coefficient (Wildman–Crippen LogP) is 4.00. The molecule has 74 valence electrons. The van der Waals surface area contributed by atoms with Gasteiger partial charge < -0.3 is 0 Å². The summed E-state index contributed by atoms with van der Waals surface area (Å²) in [6.45, 7) is 1.89. The van der Waals surface area contributed by atoms with E-state index in [1.165, 1.54) is 6.08 Å². The molecule has 0 saturated heterocycles. The fourth-order valence-corrected chi connectivity index (χ4v) is 1.53. The van der Waals surface area contributed by atoms with E-state index in [0.717, 1.165) is 12.8 Å². The number of rotatable bonds is 2. The normalized spacial score (nSPS) is 18.2. The van der Waals surface area contributed by atoms with Crippen molar-refractivity contribution in [2.24, 2.45) is 0 Å². The van der Waals surface area contributed by atoms with Crippen LogP contribution >= 0.6 is 0 Å². The maximum absolute atomic E-state index is 12.4. The topological polar surface area (TPSA) is 0 Å². The summed E-state index contributed by atoms with van der Waals surface area (Å²) in [4.78, 5) is 0. The Morgan fingerprint density at radius 1 is 1.23 bits per heavy atom. The lowest BCUT2D eigenvalue weighted by atomic mass is 9.94. The van der Waals surface area contributed by atoms with Crippen molar-refractivity contribution < 1.29 is 13.2 Å². The Balaban J connectivity index is 2.81. The molecule has 0 aromatic carbocycles. The first-order valence-electron chi connectivity index (χ1n) is 4.52. The largest absolute Gasteiger partial charge is 0.416 e. The summed E-state index contributed by atoms with van der Waals surface area (Å²) in [6, 6.07) is 0. The standard InChI is InChI=1S/C10H13F3/c1-2-5-8-6-3-4-7-9(8)10(11,12)13/h6-7H,2-5H2,1H3. The van der Waals surface area contributed by atoms with E-state index in [9.17, 15) is 13.2 Å². The lowest BCUT2D eigenvalue weighted by Gasteiger charge is -2.18. The van der Waals surface area contributed by atoms with E-state index in [1.54, 1.807) is 6.08 Å². The van der Waals surface area contributed by atoms with Gasteiger partial charge in [-0.2, -0.15) is 13.2 Å². The molecule has 0 aliphatic heterocycles. The Kier molecular flexibility index (Phi) is 3.17. The molecule has 0 amide bonds. The second-order valence-electron chi connectivity index (χ2n) is 3.17. The van der Waals surface area contributed by atoms with Gasteiger partial charge in [-0.15, -0.1) is 0 Å². The number of hydrogen-bond acceptors (Lipinski definition) is 0. The van der Waals surface area contributed by atoms with Gasteiger partial charge in [0.15, 0.2) is 0 Å². The van der Waals surface area contributed by atoms with Gasteiger partial charge in [0.25, 0.3) is 0 Å². The van der Waals surface area contributed by atoms with E-state index in [4.69, 9.17) is 0 Å². The molecule has 0 saturated carbocycles. The van der Waals surface area contributed by atoms with E-state index < -0.39 is 11.7 Å². The fraction of sp³-hybridized carbons (Fsp3) is 0.600. The molecule has 0 unspecified atom stereocenters. The highest BCUT2D eigenvalue weighted by Crippen LogP contribution is 2.36. The number of alkyl halides is 3. The molecular formula is C10H13F3. The zero-order valence-corrected chi connectivity index (χ0v) is 7.62. The van der Waals surface area contributed by atoms with Gasteiger partial charge in [-0.3, -0.25) is 0 Å². The minimum Gasteiger partial charge on any atom is -0.166 e. The van der Waals surface area contributed by atoms with Crippen molar-refractivity contribution >= 4 is 0 Å². The molecule has 1 aliphatic carbocycles. The highest BCUT2D eigenvalue weighted by Gasteiger charge is 2.35. The molecule has 0 aromatic rings. The van der Waals surface area contributed by atoms with Crippen LogP contribution in [0, 0.1) is 0 Å². The van der Waals surface area contributed by atoms with Gasteiger partial charge in [-0.05, 0) is 24.8 Å². The molecule has 0 aromatic heterocycles. The van der Waals surface area contributed by atoms with Gasteiger partial charge in [0.2, 0.25) is 0 Å². The molecule has 0 heterocycles. The zero-order chi connectivity index (χ0) is 9.90. The molecule has 0 N–H and O–H groups in total. The molecule has 13 heavy (non-hydrogen) atoms. The molecule has 0 atom stereocenters. The van der Waals surface area contributed by atoms with Crippen LogP contribution in [0.3, 0.4) is 0 Å². The molecule has 0 nitrogen and oxygen atoms in total. The third-order valence-corrected chi connectivity index (χ3v) is 2.08. The first-order valence-corrected chi connectivity index (χ1v) is 4.52. The lowest BCUT2D eigenvalue weighted by Crippen LogP contribution is -2.15. The average molecular weight is 190 g/mol. The highest BCUT2D eigenvalue weighted by molar-refractivity contribution is 5.36. The van der Waals surface area contributed by atoms with E-state index in [-0.39, 0.29) is 0 Å². The summed E-state index contributed by atoms with van der Waals surface area (Å²) in [5.41, 5.74) is 0.0573. The van der Waals surface area contributed by atoms with Crippen LogP contribution in [0.5, 0.6) is 0 Å². The van der Waals surface area contributed by atoms with Crippen LogP contribution in [0.1, 0.15) is 32.6 Å². The molecular weight excluding hydrogens is 177 g/mol. The van der Waals surface area contributed by atoms with Gasteiger partial charge in [0.05, 0.1) is 5.57 Å². The maximum Gasteiger partial charge on any atom is 0.416 e. The van der Waals surface area contributed by atoms with E-state index in [0.29, 0.717) is 18.4 Å². The molecule has 0 fully saturated rings. The zero-order valence-electron chi connectivity index (χ0n) is 7.62. The van der Waals surface area contributed by atoms with Crippen LogP contribution in [0.4, 0.5) is 13.2 Å². The Morgan fingerprint density at radius 3 is 2.38 bits per heavy atom. The van der Waals surface area contributed by atoms with Crippen LogP contribution in [-0.4, -0.2) is 6.18 Å². The Morgan fingerprint density at radius 2 is 1.85 bits per heavy atom. The Bertz CT molecular complexity index is 233. The summed E-state index contributed by atoms with van der Waals surface area (Å²) in [5, 5.41) is 0. The molecule has 3 heteroatoms. The number of halogens is 3. The Hall–Kier alpha value is -0.730. The second kappa shape index (κ2) is 3.99. The van der Waals surface area contributed by atoms with Crippen molar-refractivity contribution in [3.05, 3.63) is 23.3 Å². The summed E-state index contributed by atoms with van der Waals surface area (Å²) < 4.78 is 37.2. The molecule has 1 rings (SSSR count). The average Bonchev–Trinajstić information content (AvgIpc) is 2.04. The molecule has 0 spiro atoms. The summed E-state index contributed by atoms with van der Waals surface area (Å²) in [5.74, 6) is 0. The van der Waals surface area contributed by atoms with Crippen molar-refractivity contribution in [1.82, 2.24) is 0 Å². The second-order valence-corrected chi connectivity index (χ2v) is 3.17. The van der Waals surface area contributed by atoms with Crippen LogP contribution in [0.25, 0.3) is 0 Å². The lowest BCUT2D eigenvalue weighted by molar-refractivity contribution is -0.0900. The monoisotopic (exact) mass is 190 g/mol. The maximum atomic E-state index is 12.4. The van der Waals surface area contributed by atoms with Gasteiger partial charge in [0, 0.05) is 0 Å². The smallest absolute Gasteiger partial charge is 0.166 e. The SMILES string of the molecule is CCCC1=CCCC=C1C(F)(F)F. The van der Waals surface area contributed by atoms with Crippen molar-refractivity contribution in [2.75, 3.05) is 0 Å². The first-order chi connectivity index (χ1) is 6.05. The summed E-state index contributed by atoms with van der Waals surface area (Å²) in [7, 11) is 0. The van der Waals surface area contributed by atoms with Crippen LogP contribution < -0.4 is 0 Å². The van der Waals surface area contributed by atoms with E-state index in [2.05, 4.69) is 0 Å². The van der Waals surface area contributed by atoms with E-state index >= 15 is 0 Å². The number of allylic oxidation sites excluding steroid dienone is 4. The minimum absolute atomic E-state index is 0.416. The quantitative estimate of drug-likeness (QED) is 0.617. The molecule has 1 aliphatic rings. The van der Waals surface area contributed by atoms with Crippen molar-refractivity contribution in [3.8, 4) is 0 Å². The van der Waals surface area contributed by atoms with Crippen LogP contribution in [0.2, 0.25) is 0 Å². The van der Waals surface area contributed by atoms with Crippen LogP contribution in [0.15, 0.2) is 23.3 Å². The fourth-order valence-electron chi connectivity index (χ4n) is 1.53.